The SMILES string of the molecule is CN(C)CCCOc1cccc2c(N)c(C(=O)c3ccccc3)oc12.O=C(O)/C=C/C(=O)O. The number of rotatable bonds is 9. The predicted octanol–water partition coefficient (Wildman–Crippen LogP) is 3.29. The van der Waals surface area contributed by atoms with E-state index in [0.29, 0.717) is 46.7 Å². The summed E-state index contributed by atoms with van der Waals surface area (Å²) in [6.45, 7) is 1.51. The zero-order valence-corrected chi connectivity index (χ0v) is 18.4. The lowest BCUT2D eigenvalue weighted by atomic mass is 10.1. The van der Waals surface area contributed by atoms with Crippen molar-refractivity contribution in [2.75, 3.05) is 33.0 Å². The summed E-state index contributed by atoms with van der Waals surface area (Å²) >= 11 is 0. The first kappa shape index (κ1) is 25.2. The van der Waals surface area contributed by atoms with E-state index >= 15 is 0 Å². The molecule has 0 spiro atoms. The van der Waals surface area contributed by atoms with Gasteiger partial charge in [0.15, 0.2) is 17.1 Å². The standard InChI is InChI=1S/C20H22N2O3.C4H4O4/c1-22(2)12-7-13-24-16-11-6-10-15-17(21)20(25-19(15)16)18(23)14-8-4-3-5-9-14;5-3(6)1-2-4(7)8/h3-6,8-11H,7,12-13,21H2,1-2H3;1-2H,(H,5,6)(H,7,8)/b;2-1+. The van der Waals surface area contributed by atoms with Gasteiger partial charge >= 0.3 is 11.9 Å². The van der Waals surface area contributed by atoms with Crippen molar-refractivity contribution in [3.8, 4) is 5.75 Å². The third-order valence-electron chi connectivity index (χ3n) is 4.34. The first-order valence-electron chi connectivity index (χ1n) is 10.0. The van der Waals surface area contributed by atoms with Gasteiger partial charge in [0, 0.05) is 29.6 Å². The van der Waals surface area contributed by atoms with E-state index in [9.17, 15) is 14.4 Å². The molecule has 0 amide bonds. The number of aliphatic carboxylic acids is 2. The number of ether oxygens (including phenoxy) is 1. The summed E-state index contributed by atoms with van der Waals surface area (Å²) < 4.78 is 11.7. The maximum absolute atomic E-state index is 12.7. The van der Waals surface area contributed by atoms with Crippen LogP contribution in [0, 0.1) is 0 Å². The van der Waals surface area contributed by atoms with Crippen LogP contribution in [-0.2, 0) is 9.59 Å². The Balaban J connectivity index is 0.000000414. The number of nitrogens with zero attached hydrogens (tertiary/aromatic N) is 1. The molecule has 1 heterocycles. The van der Waals surface area contributed by atoms with Gasteiger partial charge in [-0.3, -0.25) is 4.79 Å². The fourth-order valence-electron chi connectivity index (χ4n) is 2.82. The Hall–Kier alpha value is -4.11. The van der Waals surface area contributed by atoms with Gasteiger partial charge in [-0.05, 0) is 32.6 Å². The molecule has 174 valence electrons. The van der Waals surface area contributed by atoms with Crippen molar-refractivity contribution in [1.29, 1.82) is 0 Å². The Morgan fingerprint density at radius 1 is 1.00 bits per heavy atom. The second-order valence-electron chi connectivity index (χ2n) is 7.19. The fraction of sp³-hybridized carbons (Fsp3) is 0.208. The van der Waals surface area contributed by atoms with Gasteiger partial charge in [-0.2, -0.15) is 0 Å². The maximum atomic E-state index is 12.7. The van der Waals surface area contributed by atoms with Crippen LogP contribution in [0.25, 0.3) is 11.0 Å². The van der Waals surface area contributed by atoms with Crippen LogP contribution in [0.15, 0.2) is 65.1 Å². The third kappa shape index (κ3) is 7.51. The smallest absolute Gasteiger partial charge is 0.328 e. The summed E-state index contributed by atoms with van der Waals surface area (Å²) in [4.78, 5) is 33.9. The summed E-state index contributed by atoms with van der Waals surface area (Å²) in [7, 11) is 4.05. The van der Waals surface area contributed by atoms with E-state index < -0.39 is 11.9 Å². The van der Waals surface area contributed by atoms with Gasteiger partial charge in [-0.1, -0.05) is 36.4 Å². The average Bonchev–Trinajstić information content (AvgIpc) is 3.13. The largest absolute Gasteiger partial charge is 0.490 e. The van der Waals surface area contributed by atoms with Crippen LogP contribution >= 0.6 is 0 Å². The summed E-state index contributed by atoms with van der Waals surface area (Å²) in [5, 5.41) is 16.3. The number of furan rings is 1. The van der Waals surface area contributed by atoms with E-state index in [4.69, 9.17) is 25.1 Å². The Bertz CT molecular complexity index is 1120. The second-order valence-corrected chi connectivity index (χ2v) is 7.19. The fourth-order valence-corrected chi connectivity index (χ4v) is 2.82. The van der Waals surface area contributed by atoms with Crippen molar-refractivity contribution in [2.45, 2.75) is 6.42 Å². The lowest BCUT2D eigenvalue weighted by Gasteiger charge is -2.10. The molecule has 9 nitrogen and oxygen atoms in total. The molecule has 0 aliphatic carbocycles. The van der Waals surface area contributed by atoms with Gasteiger partial charge in [0.2, 0.25) is 5.78 Å². The predicted molar refractivity (Wildman–Crippen MR) is 124 cm³/mol. The van der Waals surface area contributed by atoms with Crippen molar-refractivity contribution < 1.29 is 33.8 Å². The number of carbonyl (C=O) groups is 3. The van der Waals surface area contributed by atoms with E-state index in [0.717, 1.165) is 13.0 Å². The number of anilines is 1. The number of para-hydroxylation sites is 1. The van der Waals surface area contributed by atoms with Crippen LogP contribution in [0.1, 0.15) is 22.5 Å². The van der Waals surface area contributed by atoms with Gasteiger partial charge in [-0.25, -0.2) is 9.59 Å². The Kier molecular flexibility index (Phi) is 9.19. The summed E-state index contributed by atoms with van der Waals surface area (Å²) in [6.07, 6.45) is 2.01. The Morgan fingerprint density at radius 2 is 1.64 bits per heavy atom. The van der Waals surface area contributed by atoms with Crippen molar-refractivity contribution in [3.05, 3.63) is 72.0 Å². The monoisotopic (exact) mass is 454 g/mol. The number of carbonyl (C=O) groups excluding carboxylic acids is 1. The van der Waals surface area contributed by atoms with Gasteiger partial charge in [0.05, 0.1) is 12.3 Å². The number of carboxylic acids is 2. The Morgan fingerprint density at radius 3 is 2.21 bits per heavy atom. The highest BCUT2D eigenvalue weighted by atomic mass is 16.5. The molecular weight excluding hydrogens is 428 g/mol. The topological polar surface area (TPSA) is 143 Å². The van der Waals surface area contributed by atoms with E-state index in [2.05, 4.69) is 4.90 Å². The van der Waals surface area contributed by atoms with Crippen LogP contribution in [0.5, 0.6) is 5.75 Å². The maximum Gasteiger partial charge on any atom is 0.328 e. The van der Waals surface area contributed by atoms with Crippen LogP contribution in [0.3, 0.4) is 0 Å². The molecule has 3 aromatic rings. The minimum absolute atomic E-state index is 0.158. The average molecular weight is 454 g/mol. The van der Waals surface area contributed by atoms with Gasteiger partial charge in [0.1, 0.15) is 0 Å². The molecule has 0 aliphatic rings. The van der Waals surface area contributed by atoms with Crippen molar-refractivity contribution in [1.82, 2.24) is 4.90 Å². The normalized spacial score (nSPS) is 10.8. The number of hydrogen-bond acceptors (Lipinski definition) is 7. The zero-order valence-electron chi connectivity index (χ0n) is 18.4. The molecule has 0 radical (unpaired) electrons. The van der Waals surface area contributed by atoms with Crippen LogP contribution in [-0.4, -0.2) is 60.1 Å². The highest BCUT2D eigenvalue weighted by Crippen LogP contribution is 2.35. The molecule has 1 aromatic heterocycles. The molecule has 0 saturated carbocycles. The minimum Gasteiger partial charge on any atom is -0.490 e. The molecule has 33 heavy (non-hydrogen) atoms. The molecule has 0 aliphatic heterocycles. The molecule has 9 heteroatoms. The number of benzene rings is 2. The molecule has 2 aromatic carbocycles. The van der Waals surface area contributed by atoms with E-state index in [1.807, 2.05) is 50.5 Å². The lowest BCUT2D eigenvalue weighted by Crippen LogP contribution is -2.15. The van der Waals surface area contributed by atoms with E-state index in [1.165, 1.54) is 0 Å². The molecule has 3 rings (SSSR count). The van der Waals surface area contributed by atoms with Crippen LogP contribution in [0.4, 0.5) is 5.69 Å². The number of nitrogens with two attached hydrogens (primary N) is 1. The molecule has 0 fully saturated rings. The summed E-state index contributed by atoms with van der Waals surface area (Å²) in [5.41, 5.74) is 7.57. The Labute approximate surface area is 190 Å². The van der Waals surface area contributed by atoms with E-state index in [-0.39, 0.29) is 11.5 Å². The first-order valence-corrected chi connectivity index (χ1v) is 10.0. The van der Waals surface area contributed by atoms with Crippen molar-refractivity contribution in [3.63, 3.8) is 0 Å². The van der Waals surface area contributed by atoms with Gasteiger partial charge in [0.25, 0.3) is 0 Å². The molecule has 0 saturated heterocycles. The molecular formula is C24H26N2O7. The second kappa shape index (κ2) is 12.1. The highest BCUT2D eigenvalue weighted by molar-refractivity contribution is 6.14. The highest BCUT2D eigenvalue weighted by Gasteiger charge is 2.21. The van der Waals surface area contributed by atoms with Gasteiger partial charge < -0.3 is 30.0 Å². The lowest BCUT2D eigenvalue weighted by molar-refractivity contribution is -0.134. The first-order chi connectivity index (χ1) is 15.7. The molecule has 0 bridgehead atoms. The minimum atomic E-state index is -1.26. The number of nitrogen functional groups attached to an aromatic ring is 1. The zero-order chi connectivity index (χ0) is 24.4. The van der Waals surface area contributed by atoms with Gasteiger partial charge in [-0.15, -0.1) is 0 Å². The van der Waals surface area contributed by atoms with Crippen molar-refractivity contribution >= 4 is 34.4 Å². The van der Waals surface area contributed by atoms with E-state index in [1.54, 1.807) is 12.1 Å². The van der Waals surface area contributed by atoms with Crippen LogP contribution in [0.2, 0.25) is 0 Å². The summed E-state index contributed by atoms with van der Waals surface area (Å²) in [5.74, 6) is -1.98. The van der Waals surface area contributed by atoms with Crippen LogP contribution < -0.4 is 10.5 Å². The number of ketones is 1. The quantitative estimate of drug-likeness (QED) is 0.252. The molecule has 0 unspecified atom stereocenters. The molecule has 4 N–H and O–H groups in total. The number of fused-ring (bicyclic) bond motifs is 1. The number of hydrogen-bond donors (Lipinski definition) is 3. The molecule has 0 atom stereocenters. The van der Waals surface area contributed by atoms with Crippen molar-refractivity contribution in [2.24, 2.45) is 0 Å². The summed E-state index contributed by atoms with van der Waals surface area (Å²) in [6, 6.07) is 14.5. The third-order valence-corrected chi connectivity index (χ3v) is 4.34. The number of carboxylic acid groups (broad SMARTS) is 2.